The SMILES string of the molecule is COc1cc(C)c(Cl)cc1[C@H](N)C(=O)O. The number of aliphatic carboxylic acids is 1. The quantitative estimate of drug-likeness (QED) is 0.828. The standard InChI is InChI=1S/C10H12ClNO3/c1-5-3-8(15-2)6(4-7(5)11)9(12)10(13)14/h3-4,9H,12H2,1-2H3,(H,13,14)/t9-/m0/s1. The second-order valence-electron chi connectivity index (χ2n) is 3.16. The Kier molecular flexibility index (Phi) is 3.55. The third-order valence-electron chi connectivity index (χ3n) is 2.11. The number of hydrogen-bond donors (Lipinski definition) is 2. The van der Waals surface area contributed by atoms with E-state index in [0.717, 1.165) is 5.56 Å². The van der Waals surface area contributed by atoms with E-state index < -0.39 is 12.0 Å². The molecule has 0 amide bonds. The van der Waals surface area contributed by atoms with Crippen LogP contribution in [0.2, 0.25) is 5.02 Å². The lowest BCUT2D eigenvalue weighted by Crippen LogP contribution is -2.21. The molecule has 0 heterocycles. The molecule has 1 aromatic carbocycles. The molecular formula is C10H12ClNO3. The van der Waals surface area contributed by atoms with Crippen LogP contribution < -0.4 is 10.5 Å². The van der Waals surface area contributed by atoms with E-state index in [1.54, 1.807) is 13.0 Å². The summed E-state index contributed by atoms with van der Waals surface area (Å²) in [5.74, 6) is -0.681. The minimum atomic E-state index is -1.13. The second kappa shape index (κ2) is 4.51. The van der Waals surface area contributed by atoms with Crippen molar-refractivity contribution in [3.8, 4) is 5.75 Å². The molecule has 5 heteroatoms. The number of aryl methyl sites for hydroxylation is 1. The Hall–Kier alpha value is -1.26. The van der Waals surface area contributed by atoms with Gasteiger partial charge in [-0.2, -0.15) is 0 Å². The topological polar surface area (TPSA) is 72.5 Å². The fraction of sp³-hybridized carbons (Fsp3) is 0.300. The molecule has 0 aromatic heterocycles. The molecule has 1 rings (SSSR count). The smallest absolute Gasteiger partial charge is 0.325 e. The number of benzene rings is 1. The zero-order valence-corrected chi connectivity index (χ0v) is 9.21. The number of halogens is 1. The Balaban J connectivity index is 3.27. The molecule has 15 heavy (non-hydrogen) atoms. The van der Waals surface area contributed by atoms with E-state index in [4.69, 9.17) is 27.2 Å². The highest BCUT2D eigenvalue weighted by molar-refractivity contribution is 6.31. The number of ether oxygens (including phenoxy) is 1. The van der Waals surface area contributed by atoms with Crippen LogP contribution in [0.25, 0.3) is 0 Å². The van der Waals surface area contributed by atoms with E-state index in [2.05, 4.69) is 0 Å². The summed E-state index contributed by atoms with van der Waals surface area (Å²) in [6.07, 6.45) is 0. The van der Waals surface area contributed by atoms with Gasteiger partial charge in [0.15, 0.2) is 0 Å². The third-order valence-corrected chi connectivity index (χ3v) is 2.52. The Morgan fingerprint density at radius 2 is 2.20 bits per heavy atom. The van der Waals surface area contributed by atoms with E-state index in [-0.39, 0.29) is 0 Å². The molecule has 0 radical (unpaired) electrons. The van der Waals surface area contributed by atoms with Crippen LogP contribution in [0.4, 0.5) is 0 Å². The molecule has 0 bridgehead atoms. The first-order chi connectivity index (χ1) is 6.97. The lowest BCUT2D eigenvalue weighted by molar-refractivity contribution is -0.138. The van der Waals surface area contributed by atoms with Gasteiger partial charge in [-0.1, -0.05) is 11.6 Å². The Labute approximate surface area is 92.6 Å². The summed E-state index contributed by atoms with van der Waals surface area (Å²) in [7, 11) is 1.46. The molecule has 0 aliphatic rings. The molecule has 1 atom stereocenters. The average molecular weight is 230 g/mol. The second-order valence-corrected chi connectivity index (χ2v) is 3.57. The fourth-order valence-corrected chi connectivity index (χ4v) is 1.40. The van der Waals surface area contributed by atoms with E-state index in [1.165, 1.54) is 13.2 Å². The van der Waals surface area contributed by atoms with Gasteiger partial charge in [-0.15, -0.1) is 0 Å². The van der Waals surface area contributed by atoms with Crippen LogP contribution in [0, 0.1) is 6.92 Å². The van der Waals surface area contributed by atoms with Crippen LogP contribution in [-0.4, -0.2) is 18.2 Å². The maximum absolute atomic E-state index is 10.7. The first-order valence-electron chi connectivity index (χ1n) is 4.29. The van der Waals surface area contributed by atoms with Gasteiger partial charge in [-0.25, -0.2) is 0 Å². The Bertz CT molecular complexity index is 392. The normalized spacial score (nSPS) is 12.3. The molecule has 1 aromatic rings. The zero-order valence-electron chi connectivity index (χ0n) is 8.45. The van der Waals surface area contributed by atoms with Gasteiger partial charge in [-0.05, 0) is 24.6 Å². The summed E-state index contributed by atoms with van der Waals surface area (Å²) in [5.41, 5.74) is 6.69. The molecule has 0 aliphatic carbocycles. The van der Waals surface area contributed by atoms with Crippen LogP contribution in [0.15, 0.2) is 12.1 Å². The van der Waals surface area contributed by atoms with Gasteiger partial charge in [0.25, 0.3) is 0 Å². The monoisotopic (exact) mass is 229 g/mol. The molecule has 3 N–H and O–H groups in total. The highest BCUT2D eigenvalue weighted by atomic mass is 35.5. The van der Waals surface area contributed by atoms with E-state index in [1.807, 2.05) is 0 Å². The van der Waals surface area contributed by atoms with Gasteiger partial charge < -0.3 is 15.6 Å². The number of carbonyl (C=O) groups is 1. The number of hydrogen-bond acceptors (Lipinski definition) is 3. The van der Waals surface area contributed by atoms with Crippen molar-refractivity contribution in [2.75, 3.05) is 7.11 Å². The minimum Gasteiger partial charge on any atom is -0.496 e. The van der Waals surface area contributed by atoms with Crippen molar-refractivity contribution in [1.82, 2.24) is 0 Å². The van der Waals surface area contributed by atoms with Crippen molar-refractivity contribution in [2.24, 2.45) is 5.73 Å². The molecule has 0 saturated carbocycles. The molecule has 0 fully saturated rings. The predicted octanol–water partition coefficient (Wildman–Crippen LogP) is 1.74. The first kappa shape index (κ1) is 11.8. The number of rotatable bonds is 3. The summed E-state index contributed by atoms with van der Waals surface area (Å²) < 4.78 is 5.05. The van der Waals surface area contributed by atoms with Crippen LogP contribution in [-0.2, 0) is 4.79 Å². The number of carboxylic acids is 1. The van der Waals surface area contributed by atoms with Crippen molar-refractivity contribution in [3.05, 3.63) is 28.3 Å². The molecular weight excluding hydrogens is 218 g/mol. The summed E-state index contributed by atoms with van der Waals surface area (Å²) in [4.78, 5) is 10.7. The summed E-state index contributed by atoms with van der Waals surface area (Å²) in [5, 5.41) is 9.27. The summed E-state index contributed by atoms with van der Waals surface area (Å²) in [6.45, 7) is 1.81. The van der Waals surface area contributed by atoms with Crippen LogP contribution in [0.3, 0.4) is 0 Å². The van der Waals surface area contributed by atoms with Gasteiger partial charge in [-0.3, -0.25) is 4.79 Å². The maximum Gasteiger partial charge on any atom is 0.325 e. The van der Waals surface area contributed by atoms with E-state index >= 15 is 0 Å². The predicted molar refractivity (Wildman–Crippen MR) is 57.3 cm³/mol. The average Bonchev–Trinajstić information content (AvgIpc) is 2.20. The number of methoxy groups -OCH3 is 1. The van der Waals surface area contributed by atoms with Gasteiger partial charge in [0.1, 0.15) is 11.8 Å². The van der Waals surface area contributed by atoms with Crippen molar-refractivity contribution >= 4 is 17.6 Å². The third kappa shape index (κ3) is 2.40. The minimum absolute atomic E-state index is 0.376. The number of nitrogens with two attached hydrogens (primary N) is 1. The molecule has 4 nitrogen and oxygen atoms in total. The molecule has 0 aliphatic heterocycles. The maximum atomic E-state index is 10.7. The van der Waals surface area contributed by atoms with Gasteiger partial charge >= 0.3 is 5.97 Å². The lowest BCUT2D eigenvalue weighted by atomic mass is 10.0. The van der Waals surface area contributed by atoms with Crippen molar-refractivity contribution < 1.29 is 14.6 Å². The molecule has 0 saturated heterocycles. The van der Waals surface area contributed by atoms with E-state index in [9.17, 15) is 4.79 Å². The molecule has 0 unspecified atom stereocenters. The van der Waals surface area contributed by atoms with Gasteiger partial charge in [0, 0.05) is 10.6 Å². The Morgan fingerprint density at radius 1 is 1.60 bits per heavy atom. The Morgan fingerprint density at radius 3 is 2.67 bits per heavy atom. The van der Waals surface area contributed by atoms with Gasteiger partial charge in [0.05, 0.1) is 7.11 Å². The van der Waals surface area contributed by atoms with Crippen molar-refractivity contribution in [2.45, 2.75) is 13.0 Å². The lowest BCUT2D eigenvalue weighted by Gasteiger charge is -2.13. The van der Waals surface area contributed by atoms with Crippen LogP contribution >= 0.6 is 11.6 Å². The highest BCUT2D eigenvalue weighted by Gasteiger charge is 2.19. The van der Waals surface area contributed by atoms with Crippen molar-refractivity contribution in [1.29, 1.82) is 0 Å². The number of carboxylic acid groups (broad SMARTS) is 1. The zero-order chi connectivity index (χ0) is 11.6. The van der Waals surface area contributed by atoms with E-state index in [0.29, 0.717) is 16.3 Å². The van der Waals surface area contributed by atoms with Gasteiger partial charge in [0.2, 0.25) is 0 Å². The van der Waals surface area contributed by atoms with Crippen LogP contribution in [0.1, 0.15) is 17.2 Å². The van der Waals surface area contributed by atoms with Crippen LogP contribution in [0.5, 0.6) is 5.75 Å². The van der Waals surface area contributed by atoms with Crippen molar-refractivity contribution in [3.63, 3.8) is 0 Å². The highest BCUT2D eigenvalue weighted by Crippen LogP contribution is 2.30. The summed E-state index contributed by atoms with van der Waals surface area (Å²) in [6, 6.07) is 2.06. The largest absolute Gasteiger partial charge is 0.496 e. The summed E-state index contributed by atoms with van der Waals surface area (Å²) >= 11 is 5.89. The first-order valence-corrected chi connectivity index (χ1v) is 4.67. The molecule has 0 spiro atoms. The molecule has 82 valence electrons. The fourth-order valence-electron chi connectivity index (χ4n) is 1.22.